The molecule has 2 rings (SSSR count). The summed E-state index contributed by atoms with van der Waals surface area (Å²) in [4.78, 5) is 0. The molecule has 2 heteroatoms. The van der Waals surface area contributed by atoms with Crippen LogP contribution in [0.25, 0.3) is 0 Å². The van der Waals surface area contributed by atoms with Crippen molar-refractivity contribution >= 4 is 0 Å². The van der Waals surface area contributed by atoms with Crippen molar-refractivity contribution in [1.29, 1.82) is 0 Å². The highest BCUT2D eigenvalue weighted by atomic mass is 16.5. The largest absolute Gasteiger partial charge is 0.384 e. The fraction of sp³-hybridized carbons (Fsp3) is 0.625. The number of nitrogens with one attached hydrogen (secondary N) is 1. The average molecular weight is 247 g/mol. The highest BCUT2D eigenvalue weighted by molar-refractivity contribution is 5.25. The molecule has 0 saturated heterocycles. The van der Waals surface area contributed by atoms with E-state index in [1.54, 1.807) is 7.11 Å². The summed E-state index contributed by atoms with van der Waals surface area (Å²) >= 11 is 0. The Morgan fingerprint density at radius 2 is 2.00 bits per heavy atom. The topological polar surface area (TPSA) is 21.3 Å². The molecule has 1 saturated carbocycles. The molecule has 1 aliphatic carbocycles. The van der Waals surface area contributed by atoms with E-state index >= 15 is 0 Å². The van der Waals surface area contributed by atoms with Crippen molar-refractivity contribution in [3.05, 3.63) is 35.4 Å². The maximum absolute atomic E-state index is 5.11. The van der Waals surface area contributed by atoms with E-state index in [-0.39, 0.29) is 0 Å². The zero-order valence-corrected chi connectivity index (χ0v) is 11.6. The Hall–Kier alpha value is -0.860. The minimum Gasteiger partial charge on any atom is -0.384 e. The number of methoxy groups -OCH3 is 1. The second-order valence-corrected chi connectivity index (χ2v) is 5.36. The van der Waals surface area contributed by atoms with Gasteiger partial charge in [0, 0.05) is 13.2 Å². The SMILES string of the molecule is CNC(CC1CCC1)c1ccc(CCOC)cc1. The number of hydrogen-bond acceptors (Lipinski definition) is 2. The molecule has 0 amide bonds. The molecule has 100 valence electrons. The Bertz CT molecular complexity index is 343. The molecule has 0 radical (unpaired) electrons. The normalized spacial score (nSPS) is 17.4. The van der Waals surface area contributed by atoms with E-state index in [0.717, 1.165) is 18.9 Å². The molecular weight excluding hydrogens is 222 g/mol. The van der Waals surface area contributed by atoms with Crippen LogP contribution < -0.4 is 5.32 Å². The average Bonchev–Trinajstić information content (AvgIpc) is 2.36. The Labute approximate surface area is 111 Å². The molecule has 0 spiro atoms. The van der Waals surface area contributed by atoms with Crippen LogP contribution in [0.5, 0.6) is 0 Å². The monoisotopic (exact) mass is 247 g/mol. The summed E-state index contributed by atoms with van der Waals surface area (Å²) in [5.74, 6) is 0.940. The van der Waals surface area contributed by atoms with Gasteiger partial charge in [0.25, 0.3) is 0 Å². The summed E-state index contributed by atoms with van der Waals surface area (Å²) in [5, 5.41) is 3.46. The zero-order chi connectivity index (χ0) is 12.8. The lowest BCUT2D eigenvalue weighted by Crippen LogP contribution is -2.23. The van der Waals surface area contributed by atoms with Crippen molar-refractivity contribution in [2.24, 2.45) is 5.92 Å². The minimum atomic E-state index is 0.520. The molecule has 1 unspecified atom stereocenters. The van der Waals surface area contributed by atoms with Crippen molar-refractivity contribution in [1.82, 2.24) is 5.32 Å². The van der Waals surface area contributed by atoms with Gasteiger partial charge in [-0.15, -0.1) is 0 Å². The molecular formula is C16H25NO. The van der Waals surface area contributed by atoms with Crippen molar-refractivity contribution in [2.45, 2.75) is 38.1 Å². The molecule has 1 aliphatic rings. The molecule has 0 aliphatic heterocycles. The lowest BCUT2D eigenvalue weighted by Gasteiger charge is -2.29. The van der Waals surface area contributed by atoms with E-state index < -0.39 is 0 Å². The Morgan fingerprint density at radius 3 is 2.50 bits per heavy atom. The summed E-state index contributed by atoms with van der Waals surface area (Å²) in [7, 11) is 3.83. The number of hydrogen-bond donors (Lipinski definition) is 1. The minimum absolute atomic E-state index is 0.520. The molecule has 1 aromatic carbocycles. The highest BCUT2D eigenvalue weighted by Gasteiger charge is 2.22. The first kappa shape index (κ1) is 13.6. The lowest BCUT2D eigenvalue weighted by atomic mass is 9.79. The first-order valence-electron chi connectivity index (χ1n) is 7.08. The smallest absolute Gasteiger partial charge is 0.0502 e. The van der Waals surface area contributed by atoms with Crippen molar-refractivity contribution in [2.75, 3.05) is 20.8 Å². The quantitative estimate of drug-likeness (QED) is 0.798. The number of benzene rings is 1. The maximum Gasteiger partial charge on any atom is 0.0502 e. The van der Waals surface area contributed by atoms with Crippen molar-refractivity contribution in [3.8, 4) is 0 Å². The Balaban J connectivity index is 1.92. The predicted molar refractivity (Wildman–Crippen MR) is 75.8 cm³/mol. The summed E-state index contributed by atoms with van der Waals surface area (Å²) in [5.41, 5.74) is 2.78. The summed E-state index contributed by atoms with van der Waals surface area (Å²) in [6, 6.07) is 9.53. The van der Waals surface area contributed by atoms with E-state index in [9.17, 15) is 0 Å². The fourth-order valence-electron chi connectivity index (χ4n) is 2.62. The molecule has 2 nitrogen and oxygen atoms in total. The molecule has 1 N–H and O–H groups in total. The lowest BCUT2D eigenvalue weighted by molar-refractivity contribution is 0.202. The van der Waals surface area contributed by atoms with Gasteiger partial charge >= 0.3 is 0 Å². The van der Waals surface area contributed by atoms with Gasteiger partial charge in [-0.3, -0.25) is 0 Å². The van der Waals surface area contributed by atoms with Crippen LogP contribution in [0, 0.1) is 5.92 Å². The summed E-state index contributed by atoms with van der Waals surface area (Å²) in [6.07, 6.45) is 6.56. The Kier molecular flexibility index (Phi) is 5.21. The summed E-state index contributed by atoms with van der Waals surface area (Å²) in [6.45, 7) is 0.802. The van der Waals surface area contributed by atoms with Crippen LogP contribution in [0.15, 0.2) is 24.3 Å². The summed E-state index contributed by atoms with van der Waals surface area (Å²) < 4.78 is 5.11. The molecule has 18 heavy (non-hydrogen) atoms. The zero-order valence-electron chi connectivity index (χ0n) is 11.6. The third kappa shape index (κ3) is 3.56. The van der Waals surface area contributed by atoms with E-state index in [4.69, 9.17) is 4.74 Å². The van der Waals surface area contributed by atoms with Crippen LogP contribution in [0.3, 0.4) is 0 Å². The Morgan fingerprint density at radius 1 is 1.28 bits per heavy atom. The van der Waals surface area contributed by atoms with Gasteiger partial charge in [0.1, 0.15) is 0 Å². The molecule has 1 fully saturated rings. The van der Waals surface area contributed by atoms with Crippen LogP contribution in [-0.4, -0.2) is 20.8 Å². The first-order chi connectivity index (χ1) is 8.83. The van der Waals surface area contributed by atoms with Crippen LogP contribution >= 0.6 is 0 Å². The van der Waals surface area contributed by atoms with Crippen molar-refractivity contribution in [3.63, 3.8) is 0 Å². The van der Waals surface area contributed by atoms with Gasteiger partial charge in [-0.05, 0) is 36.9 Å². The maximum atomic E-state index is 5.11. The number of ether oxygens (including phenoxy) is 1. The van der Waals surface area contributed by atoms with Gasteiger partial charge in [-0.2, -0.15) is 0 Å². The van der Waals surface area contributed by atoms with Gasteiger partial charge in [-0.25, -0.2) is 0 Å². The second kappa shape index (κ2) is 6.91. The van der Waals surface area contributed by atoms with E-state index in [1.807, 2.05) is 0 Å². The van der Waals surface area contributed by atoms with Crippen LogP contribution in [-0.2, 0) is 11.2 Å². The molecule has 0 heterocycles. The third-order valence-corrected chi connectivity index (χ3v) is 4.12. The molecule has 0 bridgehead atoms. The van der Waals surface area contributed by atoms with Crippen LogP contribution in [0.4, 0.5) is 0 Å². The van der Waals surface area contributed by atoms with E-state index in [1.165, 1.54) is 36.8 Å². The molecule has 1 atom stereocenters. The third-order valence-electron chi connectivity index (χ3n) is 4.12. The van der Waals surface area contributed by atoms with Gasteiger partial charge in [-0.1, -0.05) is 43.5 Å². The first-order valence-corrected chi connectivity index (χ1v) is 7.08. The van der Waals surface area contributed by atoms with Crippen LogP contribution in [0.2, 0.25) is 0 Å². The predicted octanol–water partition coefficient (Wildman–Crippen LogP) is 3.33. The van der Waals surface area contributed by atoms with Gasteiger partial charge in [0.2, 0.25) is 0 Å². The molecule has 0 aromatic heterocycles. The van der Waals surface area contributed by atoms with E-state index in [0.29, 0.717) is 6.04 Å². The number of rotatable bonds is 7. The van der Waals surface area contributed by atoms with Crippen LogP contribution in [0.1, 0.15) is 42.9 Å². The highest BCUT2D eigenvalue weighted by Crippen LogP contribution is 2.34. The van der Waals surface area contributed by atoms with Gasteiger partial charge in [0.15, 0.2) is 0 Å². The van der Waals surface area contributed by atoms with Crippen molar-refractivity contribution < 1.29 is 4.74 Å². The fourth-order valence-corrected chi connectivity index (χ4v) is 2.62. The van der Waals surface area contributed by atoms with Gasteiger partial charge in [0.05, 0.1) is 6.61 Å². The second-order valence-electron chi connectivity index (χ2n) is 5.36. The van der Waals surface area contributed by atoms with Gasteiger partial charge < -0.3 is 10.1 Å². The standard InChI is InChI=1S/C16H25NO/c1-17-16(12-14-4-3-5-14)15-8-6-13(7-9-15)10-11-18-2/h6-9,14,16-17H,3-5,10-12H2,1-2H3. The van der Waals surface area contributed by atoms with E-state index in [2.05, 4.69) is 36.6 Å². The molecule has 1 aromatic rings.